The summed E-state index contributed by atoms with van der Waals surface area (Å²) in [5, 5.41) is 3.27. The minimum Gasteiger partial charge on any atom is -0.354 e. The van der Waals surface area contributed by atoms with E-state index >= 15 is 0 Å². The van der Waals surface area contributed by atoms with Crippen molar-refractivity contribution in [2.45, 2.75) is 81.7 Å². The molecule has 6 atom stereocenters. The second-order valence-corrected chi connectivity index (χ2v) is 8.38. The van der Waals surface area contributed by atoms with Gasteiger partial charge in [0, 0.05) is 19.0 Å². The smallest absolute Gasteiger partial charge is 0.113 e. The SMILES string of the molecule is FC1CCCC(F)C1CN1C(C2C(F)CCCC2F)=NC2CNCCC21. The van der Waals surface area contributed by atoms with E-state index in [0.29, 0.717) is 50.9 Å². The van der Waals surface area contributed by atoms with Gasteiger partial charge in [-0.25, -0.2) is 17.6 Å². The Labute approximate surface area is 152 Å². The molecule has 7 heteroatoms. The van der Waals surface area contributed by atoms with E-state index in [1.165, 1.54) is 0 Å². The molecular formula is C19H29F4N3. The average molecular weight is 375 g/mol. The van der Waals surface area contributed by atoms with Gasteiger partial charge in [0.05, 0.1) is 18.0 Å². The molecule has 3 nitrogen and oxygen atoms in total. The van der Waals surface area contributed by atoms with Crippen LogP contribution in [0.5, 0.6) is 0 Å². The first-order valence-electron chi connectivity index (χ1n) is 10.2. The maximum atomic E-state index is 14.6. The number of nitrogens with zero attached hydrogens (tertiary/aromatic N) is 2. The van der Waals surface area contributed by atoms with Gasteiger partial charge in [0.1, 0.15) is 30.5 Å². The van der Waals surface area contributed by atoms with Crippen molar-refractivity contribution in [3.63, 3.8) is 0 Å². The molecule has 148 valence electrons. The number of rotatable bonds is 3. The zero-order valence-corrected chi connectivity index (χ0v) is 15.1. The Morgan fingerprint density at radius 1 is 0.885 bits per heavy atom. The summed E-state index contributed by atoms with van der Waals surface area (Å²) in [6.45, 7) is 1.65. The van der Waals surface area contributed by atoms with Crippen LogP contribution in [0.1, 0.15) is 44.9 Å². The average Bonchev–Trinajstić information content (AvgIpc) is 2.96. The van der Waals surface area contributed by atoms with E-state index in [2.05, 4.69) is 10.3 Å². The number of fused-ring (bicyclic) bond motifs is 1. The molecule has 0 aromatic heterocycles. The normalized spacial score (nSPS) is 46.8. The highest BCUT2D eigenvalue weighted by Crippen LogP contribution is 2.38. The van der Waals surface area contributed by atoms with Crippen molar-refractivity contribution in [2.75, 3.05) is 19.6 Å². The van der Waals surface area contributed by atoms with E-state index < -0.39 is 36.5 Å². The molecule has 3 fully saturated rings. The predicted molar refractivity (Wildman–Crippen MR) is 93.5 cm³/mol. The summed E-state index contributed by atoms with van der Waals surface area (Å²) in [7, 11) is 0. The van der Waals surface area contributed by atoms with Crippen LogP contribution in [-0.2, 0) is 0 Å². The van der Waals surface area contributed by atoms with Gasteiger partial charge in [0.25, 0.3) is 0 Å². The van der Waals surface area contributed by atoms with Crippen molar-refractivity contribution in [2.24, 2.45) is 16.8 Å². The predicted octanol–water partition coefficient (Wildman–Crippen LogP) is 3.38. The van der Waals surface area contributed by atoms with Crippen LogP contribution in [0.2, 0.25) is 0 Å². The summed E-state index contributed by atoms with van der Waals surface area (Å²) in [6, 6.07) is -0.0614. The van der Waals surface area contributed by atoms with Crippen molar-refractivity contribution in [1.29, 1.82) is 0 Å². The maximum Gasteiger partial charge on any atom is 0.113 e. The van der Waals surface area contributed by atoms with Gasteiger partial charge in [-0.1, -0.05) is 0 Å². The van der Waals surface area contributed by atoms with Gasteiger partial charge in [0.15, 0.2) is 0 Å². The number of alkyl halides is 4. The molecule has 6 unspecified atom stereocenters. The van der Waals surface area contributed by atoms with Gasteiger partial charge >= 0.3 is 0 Å². The number of amidine groups is 1. The molecule has 4 rings (SSSR count). The Balaban J connectivity index is 1.59. The van der Waals surface area contributed by atoms with Gasteiger partial charge in [-0.2, -0.15) is 0 Å². The van der Waals surface area contributed by atoms with Crippen LogP contribution < -0.4 is 5.32 Å². The van der Waals surface area contributed by atoms with Crippen LogP contribution in [0.15, 0.2) is 4.99 Å². The molecule has 26 heavy (non-hydrogen) atoms. The van der Waals surface area contributed by atoms with E-state index in [1.54, 1.807) is 0 Å². The van der Waals surface area contributed by atoms with Crippen molar-refractivity contribution >= 4 is 5.84 Å². The quantitative estimate of drug-likeness (QED) is 0.766. The highest BCUT2D eigenvalue weighted by Gasteiger charge is 2.48. The van der Waals surface area contributed by atoms with Crippen LogP contribution in [0, 0.1) is 11.8 Å². The molecule has 2 saturated carbocycles. The largest absolute Gasteiger partial charge is 0.354 e. The van der Waals surface area contributed by atoms with E-state index in [1.807, 2.05) is 4.90 Å². The lowest BCUT2D eigenvalue weighted by atomic mass is 9.82. The summed E-state index contributed by atoms with van der Waals surface area (Å²) in [5.41, 5.74) is 0. The number of halogens is 4. The number of hydrogen-bond acceptors (Lipinski definition) is 3. The summed E-state index contributed by atoms with van der Waals surface area (Å²) in [4.78, 5) is 6.59. The number of hydrogen-bond donors (Lipinski definition) is 1. The first-order valence-corrected chi connectivity index (χ1v) is 10.2. The fourth-order valence-electron chi connectivity index (χ4n) is 5.28. The van der Waals surface area contributed by atoms with Crippen molar-refractivity contribution in [1.82, 2.24) is 10.2 Å². The molecule has 1 N–H and O–H groups in total. The van der Waals surface area contributed by atoms with Crippen LogP contribution >= 0.6 is 0 Å². The lowest BCUT2D eigenvalue weighted by molar-refractivity contribution is 0.0472. The lowest BCUT2D eigenvalue weighted by Crippen LogP contribution is -2.54. The van der Waals surface area contributed by atoms with E-state index in [-0.39, 0.29) is 18.6 Å². The van der Waals surface area contributed by atoms with Gasteiger partial charge < -0.3 is 10.2 Å². The molecule has 0 radical (unpaired) electrons. The molecule has 4 aliphatic rings. The van der Waals surface area contributed by atoms with Crippen molar-refractivity contribution in [3.05, 3.63) is 0 Å². The van der Waals surface area contributed by atoms with Crippen LogP contribution in [-0.4, -0.2) is 67.1 Å². The van der Waals surface area contributed by atoms with Gasteiger partial charge in [-0.15, -0.1) is 0 Å². The molecule has 2 aliphatic heterocycles. The number of piperidine rings is 1. The third-order valence-electron chi connectivity index (χ3n) is 6.74. The van der Waals surface area contributed by atoms with Gasteiger partial charge in [-0.05, 0) is 51.5 Å². The Morgan fingerprint density at radius 3 is 2.15 bits per heavy atom. The monoisotopic (exact) mass is 375 g/mol. The van der Waals surface area contributed by atoms with Gasteiger partial charge in [0.2, 0.25) is 0 Å². The van der Waals surface area contributed by atoms with Gasteiger partial charge in [-0.3, -0.25) is 4.99 Å². The van der Waals surface area contributed by atoms with Crippen molar-refractivity contribution < 1.29 is 17.6 Å². The summed E-state index contributed by atoms with van der Waals surface area (Å²) < 4.78 is 58.1. The third-order valence-corrected chi connectivity index (χ3v) is 6.74. The highest BCUT2D eigenvalue weighted by atomic mass is 19.2. The molecule has 0 spiro atoms. The second-order valence-electron chi connectivity index (χ2n) is 8.38. The van der Waals surface area contributed by atoms with Crippen LogP contribution in [0.4, 0.5) is 17.6 Å². The lowest BCUT2D eigenvalue weighted by Gasteiger charge is -2.41. The first-order chi connectivity index (χ1) is 12.6. The van der Waals surface area contributed by atoms with E-state index in [9.17, 15) is 17.6 Å². The molecule has 0 aromatic rings. The fraction of sp³-hybridized carbons (Fsp3) is 0.947. The van der Waals surface area contributed by atoms with Crippen molar-refractivity contribution in [3.8, 4) is 0 Å². The fourth-order valence-corrected chi connectivity index (χ4v) is 5.28. The zero-order chi connectivity index (χ0) is 18.3. The molecular weight excluding hydrogens is 346 g/mol. The van der Waals surface area contributed by atoms with Crippen LogP contribution in [0.25, 0.3) is 0 Å². The molecule has 0 bridgehead atoms. The van der Waals surface area contributed by atoms with Crippen LogP contribution in [0.3, 0.4) is 0 Å². The topological polar surface area (TPSA) is 27.6 Å². The Hall–Kier alpha value is -0.850. The first kappa shape index (κ1) is 18.5. The summed E-state index contributed by atoms with van der Waals surface area (Å²) >= 11 is 0. The summed E-state index contributed by atoms with van der Waals surface area (Å²) in [6.07, 6.45) is -1.56. The Bertz CT molecular complexity index is 511. The number of nitrogens with one attached hydrogen (secondary N) is 1. The molecule has 2 aliphatic carbocycles. The number of aliphatic imine (C=N–C) groups is 1. The molecule has 0 amide bonds. The van der Waals surface area contributed by atoms with E-state index in [4.69, 9.17) is 0 Å². The minimum absolute atomic E-state index is 0.00824. The second kappa shape index (κ2) is 7.64. The minimum atomic E-state index is -1.26. The molecule has 2 heterocycles. The summed E-state index contributed by atoms with van der Waals surface area (Å²) in [5.74, 6) is -1.16. The standard InChI is InChI=1S/C19H29F4N3/c20-12-3-1-4-13(21)11(12)10-26-17-7-8-24-9-16(17)25-19(26)18-14(22)5-2-6-15(18)23/h11-18,24H,1-10H2. The Kier molecular flexibility index (Phi) is 5.44. The molecule has 0 aromatic carbocycles. The zero-order valence-electron chi connectivity index (χ0n) is 15.1. The maximum absolute atomic E-state index is 14.6. The van der Waals surface area contributed by atoms with E-state index in [0.717, 1.165) is 13.0 Å². The highest BCUT2D eigenvalue weighted by molar-refractivity contribution is 5.88. The third kappa shape index (κ3) is 3.36. The molecule has 1 saturated heterocycles. The Morgan fingerprint density at radius 2 is 1.50 bits per heavy atom.